The first-order valence-corrected chi connectivity index (χ1v) is 7.52. The SMILES string of the molecule is O=Cc1cc([N+](=O)[O-])ccc1OCC(=O)Nc1ccc(Cl)cc1C(F)(F)F. The molecule has 27 heavy (non-hydrogen) atoms. The zero-order chi connectivity index (χ0) is 20.2. The Hall–Kier alpha value is -3.14. The van der Waals surface area contributed by atoms with Crippen LogP contribution >= 0.6 is 11.6 Å². The van der Waals surface area contributed by atoms with Crippen molar-refractivity contribution in [2.75, 3.05) is 11.9 Å². The highest BCUT2D eigenvalue weighted by atomic mass is 35.5. The minimum Gasteiger partial charge on any atom is -0.483 e. The lowest BCUT2D eigenvalue weighted by Crippen LogP contribution is -2.22. The minimum absolute atomic E-state index is 0.127. The van der Waals surface area contributed by atoms with Gasteiger partial charge < -0.3 is 10.1 Å². The number of hydrogen-bond acceptors (Lipinski definition) is 5. The van der Waals surface area contributed by atoms with Gasteiger partial charge in [-0.25, -0.2) is 0 Å². The Morgan fingerprint density at radius 1 is 1.26 bits per heavy atom. The highest BCUT2D eigenvalue weighted by Gasteiger charge is 2.34. The fourth-order valence-electron chi connectivity index (χ4n) is 2.06. The first-order valence-electron chi connectivity index (χ1n) is 7.15. The van der Waals surface area contributed by atoms with Crippen molar-refractivity contribution in [3.63, 3.8) is 0 Å². The molecule has 11 heteroatoms. The number of nitrogens with one attached hydrogen (secondary N) is 1. The average Bonchev–Trinajstić information content (AvgIpc) is 2.60. The van der Waals surface area contributed by atoms with Crippen LogP contribution in [0.3, 0.4) is 0 Å². The topological polar surface area (TPSA) is 98.5 Å². The number of anilines is 1. The fourth-order valence-corrected chi connectivity index (χ4v) is 2.23. The Bertz CT molecular complexity index is 902. The van der Waals surface area contributed by atoms with Gasteiger partial charge in [-0.15, -0.1) is 0 Å². The maximum atomic E-state index is 13.0. The van der Waals surface area contributed by atoms with Gasteiger partial charge in [0.05, 0.1) is 21.7 Å². The first kappa shape index (κ1) is 20.2. The van der Waals surface area contributed by atoms with E-state index < -0.39 is 34.9 Å². The molecular weight excluding hydrogens is 393 g/mol. The van der Waals surface area contributed by atoms with Crippen LogP contribution in [0.15, 0.2) is 36.4 Å². The van der Waals surface area contributed by atoms with Gasteiger partial charge in [0.25, 0.3) is 11.6 Å². The van der Waals surface area contributed by atoms with Crippen LogP contribution < -0.4 is 10.1 Å². The number of non-ortho nitro benzene ring substituents is 1. The number of halogens is 4. The van der Waals surface area contributed by atoms with E-state index in [-0.39, 0.29) is 22.0 Å². The third-order valence-corrected chi connectivity index (χ3v) is 3.49. The van der Waals surface area contributed by atoms with Gasteiger partial charge in [-0.1, -0.05) is 11.6 Å². The number of hydrogen-bond donors (Lipinski definition) is 1. The van der Waals surface area contributed by atoms with E-state index in [2.05, 4.69) is 0 Å². The zero-order valence-corrected chi connectivity index (χ0v) is 14.0. The van der Waals surface area contributed by atoms with Crippen molar-refractivity contribution in [3.05, 3.63) is 62.7 Å². The third kappa shape index (κ3) is 5.17. The number of amides is 1. The summed E-state index contributed by atoms with van der Waals surface area (Å²) >= 11 is 5.55. The largest absolute Gasteiger partial charge is 0.483 e. The number of benzene rings is 2. The van der Waals surface area contributed by atoms with Crippen LogP contribution in [0.1, 0.15) is 15.9 Å². The van der Waals surface area contributed by atoms with Crippen LogP contribution in [-0.2, 0) is 11.0 Å². The van der Waals surface area contributed by atoms with Crippen molar-refractivity contribution in [1.29, 1.82) is 0 Å². The third-order valence-electron chi connectivity index (χ3n) is 3.25. The summed E-state index contributed by atoms with van der Waals surface area (Å²) in [7, 11) is 0. The Morgan fingerprint density at radius 2 is 1.96 bits per heavy atom. The Balaban J connectivity index is 2.12. The molecule has 2 aromatic rings. The van der Waals surface area contributed by atoms with Gasteiger partial charge >= 0.3 is 6.18 Å². The van der Waals surface area contributed by atoms with Gasteiger partial charge in [0.2, 0.25) is 0 Å². The minimum atomic E-state index is -4.74. The molecule has 2 aromatic carbocycles. The maximum absolute atomic E-state index is 13.0. The second-order valence-corrected chi connectivity index (χ2v) is 5.56. The fraction of sp³-hybridized carbons (Fsp3) is 0.125. The van der Waals surface area contributed by atoms with Crippen LogP contribution in [0, 0.1) is 10.1 Å². The predicted octanol–water partition coefficient (Wildman–Crippen LogP) is 4.10. The number of carbonyl (C=O) groups excluding carboxylic acids is 2. The van der Waals surface area contributed by atoms with E-state index in [1.165, 1.54) is 6.07 Å². The molecule has 0 spiro atoms. The summed E-state index contributed by atoms with van der Waals surface area (Å²) in [5.74, 6) is -1.06. The van der Waals surface area contributed by atoms with E-state index in [9.17, 15) is 32.9 Å². The predicted molar refractivity (Wildman–Crippen MR) is 89.1 cm³/mol. The van der Waals surface area contributed by atoms with Crippen LogP contribution in [0.4, 0.5) is 24.5 Å². The standard InChI is InChI=1S/C16H10ClF3N2O5/c17-10-1-3-13(12(6-10)16(18,19)20)21-15(24)8-27-14-4-2-11(22(25)26)5-9(14)7-23/h1-7H,8H2,(H,21,24). The van der Waals surface area contributed by atoms with Crippen molar-refractivity contribution in [2.24, 2.45) is 0 Å². The summed E-state index contributed by atoms with van der Waals surface area (Å²) in [6.07, 6.45) is -4.45. The lowest BCUT2D eigenvalue weighted by molar-refractivity contribution is -0.384. The van der Waals surface area contributed by atoms with Crippen molar-refractivity contribution < 1.29 is 32.4 Å². The van der Waals surface area contributed by atoms with Crippen molar-refractivity contribution >= 4 is 35.2 Å². The summed E-state index contributed by atoms with van der Waals surface area (Å²) in [5.41, 5.74) is -2.18. The second kappa shape index (κ2) is 8.04. The number of alkyl halides is 3. The molecule has 0 bridgehead atoms. The molecule has 0 saturated carbocycles. The smallest absolute Gasteiger partial charge is 0.418 e. The number of nitro benzene ring substituents is 1. The summed E-state index contributed by atoms with van der Waals surface area (Å²) in [4.78, 5) is 32.8. The zero-order valence-electron chi connectivity index (χ0n) is 13.2. The molecule has 0 aliphatic carbocycles. The number of nitrogens with zero attached hydrogens (tertiary/aromatic N) is 1. The van der Waals surface area contributed by atoms with Gasteiger partial charge in [-0.3, -0.25) is 19.7 Å². The highest BCUT2D eigenvalue weighted by Crippen LogP contribution is 2.36. The van der Waals surface area contributed by atoms with E-state index >= 15 is 0 Å². The lowest BCUT2D eigenvalue weighted by atomic mass is 10.1. The second-order valence-electron chi connectivity index (χ2n) is 5.12. The molecule has 0 heterocycles. The average molecular weight is 403 g/mol. The van der Waals surface area contributed by atoms with Crippen molar-refractivity contribution in [2.45, 2.75) is 6.18 Å². The van der Waals surface area contributed by atoms with Crippen molar-refractivity contribution in [1.82, 2.24) is 0 Å². The van der Waals surface area contributed by atoms with Crippen LogP contribution in [-0.4, -0.2) is 23.7 Å². The Kier molecular flexibility index (Phi) is 6.01. The Morgan fingerprint density at radius 3 is 2.56 bits per heavy atom. The molecule has 0 atom stereocenters. The van der Waals surface area contributed by atoms with Crippen molar-refractivity contribution in [3.8, 4) is 5.75 Å². The maximum Gasteiger partial charge on any atom is 0.418 e. The molecule has 2 rings (SSSR count). The van der Waals surface area contributed by atoms with Gasteiger partial charge in [-0.2, -0.15) is 13.2 Å². The lowest BCUT2D eigenvalue weighted by Gasteiger charge is -2.14. The van der Waals surface area contributed by atoms with E-state index in [0.717, 1.165) is 24.3 Å². The molecule has 1 amide bonds. The number of ether oxygens (including phenoxy) is 1. The van der Waals surface area contributed by atoms with E-state index in [1.54, 1.807) is 0 Å². The van der Waals surface area contributed by atoms with E-state index in [1.807, 2.05) is 5.32 Å². The molecule has 7 nitrogen and oxygen atoms in total. The number of carbonyl (C=O) groups is 2. The molecule has 1 N–H and O–H groups in total. The molecule has 0 saturated heterocycles. The van der Waals surface area contributed by atoms with Gasteiger partial charge in [-0.05, 0) is 24.3 Å². The first-order chi connectivity index (χ1) is 12.6. The summed E-state index contributed by atoms with van der Waals surface area (Å²) in [6.45, 7) is -0.724. The van der Waals surface area contributed by atoms with E-state index in [0.29, 0.717) is 12.4 Å². The highest BCUT2D eigenvalue weighted by molar-refractivity contribution is 6.30. The monoisotopic (exact) mass is 402 g/mol. The molecule has 0 aliphatic rings. The normalized spacial score (nSPS) is 11.0. The summed E-state index contributed by atoms with van der Waals surface area (Å²) in [5, 5.41) is 12.6. The van der Waals surface area contributed by atoms with Crippen LogP contribution in [0.2, 0.25) is 5.02 Å². The Labute approximate surface area is 154 Å². The molecule has 0 radical (unpaired) electrons. The molecule has 0 fully saturated rings. The summed E-state index contributed by atoms with van der Waals surface area (Å²) < 4.78 is 44.1. The number of rotatable bonds is 6. The molecular formula is C16H10ClF3N2O5. The molecule has 0 aromatic heterocycles. The van der Waals surface area contributed by atoms with Gasteiger partial charge in [0.15, 0.2) is 12.9 Å². The number of aldehydes is 1. The quantitative estimate of drug-likeness (QED) is 0.445. The van der Waals surface area contributed by atoms with Crippen LogP contribution in [0.5, 0.6) is 5.75 Å². The summed E-state index contributed by atoms with van der Waals surface area (Å²) in [6, 6.07) is 5.94. The van der Waals surface area contributed by atoms with Crippen LogP contribution in [0.25, 0.3) is 0 Å². The molecule has 0 unspecified atom stereocenters. The number of nitro groups is 1. The molecule has 0 aliphatic heterocycles. The molecule has 142 valence electrons. The van der Waals surface area contributed by atoms with Gasteiger partial charge in [0.1, 0.15) is 5.75 Å². The van der Waals surface area contributed by atoms with Gasteiger partial charge in [0, 0.05) is 17.2 Å². The van der Waals surface area contributed by atoms with E-state index in [4.69, 9.17) is 16.3 Å².